The molecule has 0 aliphatic carbocycles. The molecule has 3 nitrogen and oxygen atoms in total. The molecular weight excluding hydrogens is 284 g/mol. The molecule has 0 bridgehead atoms. The molecule has 0 radical (unpaired) electrons. The Hall–Kier alpha value is -2.30. The van der Waals surface area contributed by atoms with Crippen LogP contribution in [0.4, 0.5) is 14.6 Å². The quantitative estimate of drug-likeness (QED) is 0.862. The van der Waals surface area contributed by atoms with Crippen LogP contribution in [0.5, 0.6) is 0 Å². The summed E-state index contributed by atoms with van der Waals surface area (Å²) in [5.74, 6) is -0.202. The number of halogens is 2. The number of aromatic nitrogens is 2. The zero-order valence-corrected chi connectivity index (χ0v) is 12.4. The highest BCUT2D eigenvalue weighted by molar-refractivity contribution is 5.67. The van der Waals surface area contributed by atoms with E-state index in [4.69, 9.17) is 0 Å². The average molecular weight is 301 g/mol. The van der Waals surface area contributed by atoms with E-state index < -0.39 is 11.6 Å². The summed E-state index contributed by atoms with van der Waals surface area (Å²) in [6.07, 6.45) is 5.77. The molecule has 2 heterocycles. The van der Waals surface area contributed by atoms with Crippen molar-refractivity contribution in [2.45, 2.75) is 19.8 Å². The van der Waals surface area contributed by atoms with E-state index in [2.05, 4.69) is 14.9 Å². The van der Waals surface area contributed by atoms with Crippen LogP contribution in [0.15, 0.2) is 24.3 Å². The maximum absolute atomic E-state index is 13.2. The largest absolute Gasteiger partial charge is 0.356 e. The molecule has 0 spiro atoms. The van der Waals surface area contributed by atoms with Crippen LogP contribution in [0.3, 0.4) is 0 Å². The lowest BCUT2D eigenvalue weighted by atomic mass is 10.2. The van der Waals surface area contributed by atoms with Gasteiger partial charge >= 0.3 is 0 Å². The number of hydrogen-bond donors (Lipinski definition) is 0. The highest BCUT2D eigenvalue weighted by Crippen LogP contribution is 2.19. The molecule has 1 saturated heterocycles. The fourth-order valence-electron chi connectivity index (χ4n) is 2.54. The molecule has 1 aromatic heterocycles. The number of benzene rings is 1. The van der Waals surface area contributed by atoms with Crippen molar-refractivity contribution in [1.29, 1.82) is 0 Å². The van der Waals surface area contributed by atoms with Crippen molar-refractivity contribution in [1.82, 2.24) is 9.97 Å². The van der Waals surface area contributed by atoms with Crippen LogP contribution in [0.1, 0.15) is 29.9 Å². The van der Waals surface area contributed by atoms with Gasteiger partial charge in [0.1, 0.15) is 5.82 Å². The van der Waals surface area contributed by atoms with Crippen LogP contribution in [-0.4, -0.2) is 23.1 Å². The van der Waals surface area contributed by atoms with Crippen LogP contribution in [0.2, 0.25) is 0 Å². The first kappa shape index (κ1) is 14.6. The van der Waals surface area contributed by atoms with Crippen LogP contribution in [-0.2, 0) is 0 Å². The summed E-state index contributed by atoms with van der Waals surface area (Å²) in [5.41, 5.74) is 1.47. The SMILES string of the molecule is Cc1cc(N2CCCC2)nc(C=Cc2ccc(F)c(F)c2)n1. The molecular formula is C17H17F2N3. The molecule has 2 aromatic rings. The topological polar surface area (TPSA) is 29.0 Å². The summed E-state index contributed by atoms with van der Waals surface area (Å²) >= 11 is 0. The minimum atomic E-state index is -0.856. The van der Waals surface area contributed by atoms with Gasteiger partial charge in [-0.2, -0.15) is 0 Å². The van der Waals surface area contributed by atoms with Gasteiger partial charge in [-0.3, -0.25) is 0 Å². The predicted molar refractivity (Wildman–Crippen MR) is 83.5 cm³/mol. The first-order chi connectivity index (χ1) is 10.6. The smallest absolute Gasteiger partial charge is 0.159 e. The normalized spacial score (nSPS) is 15.0. The Balaban J connectivity index is 1.84. The lowest BCUT2D eigenvalue weighted by Crippen LogP contribution is -2.19. The lowest BCUT2D eigenvalue weighted by Gasteiger charge is -2.16. The van der Waals surface area contributed by atoms with E-state index in [9.17, 15) is 8.78 Å². The molecule has 0 N–H and O–H groups in total. The molecule has 22 heavy (non-hydrogen) atoms. The second-order valence-electron chi connectivity index (χ2n) is 5.43. The summed E-state index contributed by atoms with van der Waals surface area (Å²) in [6.45, 7) is 3.96. The molecule has 1 aliphatic rings. The van der Waals surface area contributed by atoms with E-state index in [1.165, 1.54) is 18.9 Å². The molecule has 0 saturated carbocycles. The molecule has 5 heteroatoms. The van der Waals surface area contributed by atoms with Crippen LogP contribution < -0.4 is 4.90 Å². The second-order valence-corrected chi connectivity index (χ2v) is 5.43. The van der Waals surface area contributed by atoms with Crippen LogP contribution >= 0.6 is 0 Å². The van der Waals surface area contributed by atoms with Gasteiger partial charge in [0.15, 0.2) is 17.5 Å². The molecule has 1 fully saturated rings. The molecule has 1 aliphatic heterocycles. The minimum absolute atomic E-state index is 0.576. The first-order valence-electron chi connectivity index (χ1n) is 7.35. The number of aryl methyl sites for hydroxylation is 1. The zero-order chi connectivity index (χ0) is 15.5. The van der Waals surface area contributed by atoms with Gasteiger partial charge < -0.3 is 4.90 Å². The lowest BCUT2D eigenvalue weighted by molar-refractivity contribution is 0.508. The highest BCUT2D eigenvalue weighted by atomic mass is 19.2. The average Bonchev–Trinajstić information content (AvgIpc) is 3.02. The van der Waals surface area contributed by atoms with Crippen LogP contribution in [0.25, 0.3) is 12.2 Å². The van der Waals surface area contributed by atoms with Gasteiger partial charge in [0.25, 0.3) is 0 Å². The van der Waals surface area contributed by atoms with Crippen molar-refractivity contribution in [3.63, 3.8) is 0 Å². The summed E-state index contributed by atoms with van der Waals surface area (Å²) in [4.78, 5) is 11.1. The van der Waals surface area contributed by atoms with Crippen molar-refractivity contribution in [3.8, 4) is 0 Å². The van der Waals surface area contributed by atoms with Gasteiger partial charge in [-0.15, -0.1) is 0 Å². The summed E-state index contributed by atoms with van der Waals surface area (Å²) in [6, 6.07) is 5.76. The standard InChI is InChI=1S/C17H17F2N3/c1-12-10-17(22-8-2-3-9-22)21-16(20-12)7-5-13-4-6-14(18)15(19)11-13/h4-7,10-11H,2-3,8-9H2,1H3. The van der Waals surface area contributed by atoms with E-state index in [1.807, 2.05) is 13.0 Å². The van der Waals surface area contributed by atoms with E-state index in [0.29, 0.717) is 11.4 Å². The Bertz CT molecular complexity index is 707. The van der Waals surface area contributed by atoms with Gasteiger partial charge in [-0.1, -0.05) is 12.1 Å². The Morgan fingerprint density at radius 3 is 2.50 bits per heavy atom. The summed E-state index contributed by atoms with van der Waals surface area (Å²) in [7, 11) is 0. The molecule has 114 valence electrons. The Kier molecular flexibility index (Phi) is 4.13. The fraction of sp³-hybridized carbons (Fsp3) is 0.294. The highest BCUT2D eigenvalue weighted by Gasteiger charge is 2.14. The van der Waals surface area contributed by atoms with Crippen molar-refractivity contribution in [2.75, 3.05) is 18.0 Å². The minimum Gasteiger partial charge on any atom is -0.356 e. The van der Waals surface area contributed by atoms with Gasteiger partial charge in [0.2, 0.25) is 0 Å². The van der Waals surface area contributed by atoms with E-state index in [0.717, 1.165) is 36.7 Å². The van der Waals surface area contributed by atoms with E-state index in [-0.39, 0.29) is 0 Å². The number of anilines is 1. The van der Waals surface area contributed by atoms with Gasteiger partial charge in [-0.25, -0.2) is 18.7 Å². The first-order valence-corrected chi connectivity index (χ1v) is 7.35. The van der Waals surface area contributed by atoms with Crippen molar-refractivity contribution in [2.24, 2.45) is 0 Å². The van der Waals surface area contributed by atoms with E-state index >= 15 is 0 Å². The maximum Gasteiger partial charge on any atom is 0.159 e. The fourth-order valence-corrected chi connectivity index (χ4v) is 2.54. The molecule has 3 rings (SSSR count). The van der Waals surface area contributed by atoms with Crippen molar-refractivity contribution >= 4 is 18.0 Å². The van der Waals surface area contributed by atoms with Crippen LogP contribution in [0, 0.1) is 18.6 Å². The van der Waals surface area contributed by atoms with E-state index in [1.54, 1.807) is 12.2 Å². The Morgan fingerprint density at radius 2 is 1.77 bits per heavy atom. The Morgan fingerprint density at radius 1 is 1.00 bits per heavy atom. The summed E-state index contributed by atoms with van der Waals surface area (Å²) in [5, 5.41) is 0. The predicted octanol–water partition coefficient (Wildman–Crippen LogP) is 3.83. The monoisotopic (exact) mass is 301 g/mol. The number of rotatable bonds is 3. The second kappa shape index (κ2) is 6.22. The Labute approximate surface area is 128 Å². The molecule has 0 atom stereocenters. The third-order valence-corrected chi connectivity index (χ3v) is 3.66. The van der Waals surface area contributed by atoms with Gasteiger partial charge in [-0.05, 0) is 43.5 Å². The van der Waals surface area contributed by atoms with Crippen molar-refractivity contribution in [3.05, 3.63) is 53.0 Å². The maximum atomic E-state index is 13.2. The van der Waals surface area contributed by atoms with Crippen molar-refractivity contribution < 1.29 is 8.78 Å². The number of hydrogen-bond acceptors (Lipinski definition) is 3. The molecule has 1 aromatic carbocycles. The third-order valence-electron chi connectivity index (χ3n) is 3.66. The summed E-state index contributed by atoms with van der Waals surface area (Å²) < 4.78 is 26.1. The van der Waals surface area contributed by atoms with Gasteiger partial charge in [0, 0.05) is 24.8 Å². The molecule has 0 amide bonds. The van der Waals surface area contributed by atoms with Gasteiger partial charge in [0.05, 0.1) is 0 Å². The zero-order valence-electron chi connectivity index (χ0n) is 12.4. The third kappa shape index (κ3) is 3.30. The number of nitrogens with zero attached hydrogens (tertiary/aromatic N) is 3. The molecule has 0 unspecified atom stereocenters.